The van der Waals surface area contributed by atoms with Crippen molar-refractivity contribution >= 4 is 23.4 Å². The van der Waals surface area contributed by atoms with E-state index in [1.807, 2.05) is 11.9 Å². The van der Waals surface area contributed by atoms with Crippen molar-refractivity contribution in [3.63, 3.8) is 0 Å². The molecule has 188 valence electrons. The minimum absolute atomic E-state index is 0. The van der Waals surface area contributed by atoms with Gasteiger partial charge in [-0.05, 0) is 55.6 Å². The molecule has 0 saturated heterocycles. The van der Waals surface area contributed by atoms with Crippen molar-refractivity contribution in [3.8, 4) is 11.8 Å². The van der Waals surface area contributed by atoms with Crippen molar-refractivity contribution in [3.05, 3.63) is 65.2 Å². The van der Waals surface area contributed by atoms with Gasteiger partial charge in [-0.1, -0.05) is 19.3 Å². The van der Waals surface area contributed by atoms with E-state index in [1.54, 1.807) is 55.6 Å². The van der Waals surface area contributed by atoms with Gasteiger partial charge >= 0.3 is 0 Å². The zero-order chi connectivity index (χ0) is 24.9. The molecule has 0 heterocycles. The van der Waals surface area contributed by atoms with Crippen LogP contribution in [-0.2, 0) is 14.3 Å². The standard InChI is InChI=1S/C24H29N5O5.CH4/c1-29(13-14-34-2)16-22(30)26-20-11-7-18(8-12-20)4-3-17-5-9-19(10-6-17)23(31)27-21(15-25)24(32)28-33;/h5-12,21,33H,13-16,25H2,1-2H3,(H,26,30)(H,27,31)(H,28,32);1H4/t21-;/m0./s1. The van der Waals surface area contributed by atoms with Gasteiger partial charge in [0.15, 0.2) is 0 Å². The lowest BCUT2D eigenvalue weighted by molar-refractivity contribution is -0.130. The summed E-state index contributed by atoms with van der Waals surface area (Å²) in [4.78, 5) is 37.6. The number of anilines is 1. The molecule has 0 fully saturated rings. The van der Waals surface area contributed by atoms with Gasteiger partial charge in [-0.15, -0.1) is 0 Å². The van der Waals surface area contributed by atoms with Crippen LogP contribution in [-0.4, -0.2) is 74.3 Å². The topological polar surface area (TPSA) is 146 Å². The van der Waals surface area contributed by atoms with E-state index in [4.69, 9.17) is 15.7 Å². The van der Waals surface area contributed by atoms with E-state index in [-0.39, 0.29) is 26.4 Å². The quantitative estimate of drug-likeness (QED) is 0.191. The molecular formula is C25H33N5O5. The highest BCUT2D eigenvalue weighted by atomic mass is 16.5. The SMILES string of the molecule is C.COCCN(C)CC(=O)Nc1ccc(C#Cc2ccc(C(=O)N[C@@H](CN)C(=O)NO)cc2)cc1. The second-order valence-electron chi connectivity index (χ2n) is 7.42. The second kappa shape index (κ2) is 15.2. The molecule has 0 aromatic heterocycles. The first-order valence-corrected chi connectivity index (χ1v) is 10.5. The number of benzene rings is 2. The fraction of sp³-hybridized carbons (Fsp3) is 0.320. The van der Waals surface area contributed by atoms with Crippen LogP contribution in [0.25, 0.3) is 0 Å². The zero-order valence-corrected chi connectivity index (χ0v) is 19.1. The van der Waals surface area contributed by atoms with Crippen LogP contribution in [0.5, 0.6) is 0 Å². The summed E-state index contributed by atoms with van der Waals surface area (Å²) < 4.78 is 5.00. The average Bonchev–Trinajstić information content (AvgIpc) is 2.85. The van der Waals surface area contributed by atoms with Gasteiger partial charge in [-0.25, -0.2) is 5.48 Å². The highest BCUT2D eigenvalue weighted by Gasteiger charge is 2.19. The maximum Gasteiger partial charge on any atom is 0.267 e. The number of methoxy groups -OCH3 is 1. The van der Waals surface area contributed by atoms with Crippen LogP contribution in [0.2, 0.25) is 0 Å². The lowest BCUT2D eigenvalue weighted by Gasteiger charge is -2.15. The van der Waals surface area contributed by atoms with Crippen LogP contribution in [0.15, 0.2) is 48.5 Å². The molecule has 0 radical (unpaired) electrons. The number of likely N-dealkylation sites (N-methyl/N-ethyl adjacent to an activating group) is 1. The van der Waals surface area contributed by atoms with Crippen molar-refractivity contribution in [2.24, 2.45) is 5.73 Å². The second-order valence-corrected chi connectivity index (χ2v) is 7.42. The number of nitrogens with zero attached hydrogens (tertiary/aromatic N) is 1. The summed E-state index contributed by atoms with van der Waals surface area (Å²) in [5.41, 5.74) is 9.35. The first-order chi connectivity index (χ1) is 16.4. The van der Waals surface area contributed by atoms with E-state index in [2.05, 4.69) is 22.5 Å². The summed E-state index contributed by atoms with van der Waals surface area (Å²) in [6, 6.07) is 12.6. The van der Waals surface area contributed by atoms with E-state index < -0.39 is 17.9 Å². The van der Waals surface area contributed by atoms with Gasteiger partial charge in [0.1, 0.15) is 6.04 Å². The molecule has 10 nitrogen and oxygen atoms in total. The zero-order valence-electron chi connectivity index (χ0n) is 19.1. The van der Waals surface area contributed by atoms with E-state index in [0.29, 0.717) is 30.0 Å². The van der Waals surface area contributed by atoms with E-state index in [1.165, 1.54) is 5.48 Å². The third-order valence-electron chi connectivity index (χ3n) is 4.73. The van der Waals surface area contributed by atoms with Crippen LogP contribution in [0.1, 0.15) is 28.9 Å². The molecule has 0 bridgehead atoms. The number of nitrogens with two attached hydrogens (primary N) is 1. The maximum absolute atomic E-state index is 12.2. The van der Waals surface area contributed by atoms with Crippen LogP contribution in [0.4, 0.5) is 5.69 Å². The molecule has 2 rings (SSSR count). The molecule has 3 amide bonds. The Morgan fingerprint density at radius 1 is 1.06 bits per heavy atom. The van der Waals surface area contributed by atoms with Crippen LogP contribution in [0, 0.1) is 11.8 Å². The first kappa shape index (κ1) is 29.3. The normalized spacial score (nSPS) is 10.9. The van der Waals surface area contributed by atoms with Crippen molar-refractivity contribution in [2.75, 3.05) is 45.7 Å². The number of nitrogens with one attached hydrogen (secondary N) is 3. The molecule has 0 unspecified atom stereocenters. The minimum atomic E-state index is -1.04. The van der Waals surface area contributed by atoms with Gasteiger partial charge in [0.05, 0.1) is 13.2 Å². The Morgan fingerprint density at radius 2 is 1.63 bits per heavy atom. The Morgan fingerprint density at radius 3 is 2.14 bits per heavy atom. The molecule has 0 aliphatic rings. The number of hydrogen-bond donors (Lipinski definition) is 5. The predicted molar refractivity (Wildman–Crippen MR) is 134 cm³/mol. The number of ether oxygens (including phenoxy) is 1. The minimum Gasteiger partial charge on any atom is -0.383 e. The molecule has 2 aromatic rings. The van der Waals surface area contributed by atoms with Gasteiger partial charge in [-0.2, -0.15) is 0 Å². The number of carbonyl (C=O) groups excluding carboxylic acids is 3. The van der Waals surface area contributed by atoms with E-state index in [0.717, 1.165) is 5.56 Å². The molecule has 0 aliphatic heterocycles. The molecule has 0 spiro atoms. The van der Waals surface area contributed by atoms with Crippen molar-refractivity contribution in [1.29, 1.82) is 0 Å². The molecular weight excluding hydrogens is 450 g/mol. The van der Waals surface area contributed by atoms with E-state index >= 15 is 0 Å². The fourth-order valence-electron chi connectivity index (χ4n) is 2.81. The summed E-state index contributed by atoms with van der Waals surface area (Å²) in [7, 11) is 3.47. The molecule has 10 heteroatoms. The van der Waals surface area contributed by atoms with Gasteiger partial charge < -0.3 is 21.1 Å². The molecule has 2 aromatic carbocycles. The van der Waals surface area contributed by atoms with Crippen molar-refractivity contribution in [1.82, 2.24) is 15.7 Å². The van der Waals surface area contributed by atoms with Crippen molar-refractivity contribution in [2.45, 2.75) is 13.5 Å². The first-order valence-electron chi connectivity index (χ1n) is 10.5. The Kier molecular flexibility index (Phi) is 12.7. The largest absolute Gasteiger partial charge is 0.383 e. The Balaban J connectivity index is 0.00000612. The summed E-state index contributed by atoms with van der Waals surface area (Å²) in [5.74, 6) is 4.63. The Hall–Kier alpha value is -3.75. The third kappa shape index (κ3) is 9.95. The third-order valence-corrected chi connectivity index (χ3v) is 4.73. The number of hydrogen-bond acceptors (Lipinski definition) is 7. The molecule has 1 atom stereocenters. The molecule has 6 N–H and O–H groups in total. The van der Waals surface area contributed by atoms with Crippen molar-refractivity contribution < 1.29 is 24.3 Å². The Labute approximate surface area is 205 Å². The van der Waals surface area contributed by atoms with Crippen LogP contribution in [0.3, 0.4) is 0 Å². The number of amides is 3. The monoisotopic (exact) mass is 483 g/mol. The fourth-order valence-corrected chi connectivity index (χ4v) is 2.81. The van der Waals surface area contributed by atoms with Gasteiger partial charge in [-0.3, -0.25) is 24.5 Å². The molecule has 0 saturated carbocycles. The predicted octanol–water partition coefficient (Wildman–Crippen LogP) is 0.802. The summed E-state index contributed by atoms with van der Waals surface area (Å²) in [6.45, 7) is 1.33. The molecule has 0 aliphatic carbocycles. The van der Waals surface area contributed by atoms with E-state index in [9.17, 15) is 14.4 Å². The molecule has 35 heavy (non-hydrogen) atoms. The number of hydroxylamine groups is 1. The lowest BCUT2D eigenvalue weighted by Crippen LogP contribution is -2.50. The van der Waals surface area contributed by atoms with Gasteiger partial charge in [0.25, 0.3) is 11.8 Å². The highest BCUT2D eigenvalue weighted by molar-refractivity contribution is 5.97. The Bertz CT molecular complexity index is 1030. The lowest BCUT2D eigenvalue weighted by atomic mass is 10.1. The summed E-state index contributed by atoms with van der Waals surface area (Å²) >= 11 is 0. The smallest absolute Gasteiger partial charge is 0.267 e. The number of rotatable bonds is 10. The van der Waals surface area contributed by atoms with Crippen LogP contribution < -0.4 is 21.8 Å². The highest BCUT2D eigenvalue weighted by Crippen LogP contribution is 2.10. The summed E-state index contributed by atoms with van der Waals surface area (Å²) in [5, 5.41) is 14.0. The maximum atomic E-state index is 12.2. The number of carbonyl (C=O) groups is 3. The van der Waals surface area contributed by atoms with Crippen LogP contribution >= 0.6 is 0 Å². The average molecular weight is 484 g/mol. The van der Waals surface area contributed by atoms with Gasteiger partial charge in [0.2, 0.25) is 5.91 Å². The van der Waals surface area contributed by atoms with Gasteiger partial charge in [0, 0.05) is 42.6 Å². The summed E-state index contributed by atoms with van der Waals surface area (Å²) in [6.07, 6.45) is 0.